The van der Waals surface area contributed by atoms with Gasteiger partial charge in [-0.05, 0) is 53.8 Å². The highest BCUT2D eigenvalue weighted by atomic mass is 127. The van der Waals surface area contributed by atoms with Gasteiger partial charge in [-0.3, -0.25) is 4.79 Å². The first-order chi connectivity index (χ1) is 9.54. The van der Waals surface area contributed by atoms with Crippen molar-refractivity contribution in [3.8, 4) is 0 Å². The minimum atomic E-state index is -0.337. The zero-order valence-corrected chi connectivity index (χ0v) is 13.6. The van der Waals surface area contributed by atoms with Crippen molar-refractivity contribution in [2.45, 2.75) is 17.3 Å². The fourth-order valence-corrected chi connectivity index (χ4v) is 2.43. The van der Waals surface area contributed by atoms with E-state index in [0.717, 1.165) is 9.26 Å². The topological polar surface area (TPSA) is 93.8 Å². The number of nitrogens with zero attached hydrogens (tertiary/aromatic N) is 3. The highest BCUT2D eigenvalue weighted by Crippen LogP contribution is 2.20. The maximum Gasteiger partial charge on any atom is 0.237 e. The Bertz CT molecular complexity index is 607. The van der Waals surface area contributed by atoms with E-state index in [9.17, 15) is 4.79 Å². The number of nitrogen functional groups attached to an aromatic ring is 1. The SMILES string of the molecule is CC(Sc1ncnc(N)n1)C(=O)Nc1ccc(I)cc1. The maximum atomic E-state index is 12.1. The highest BCUT2D eigenvalue weighted by Gasteiger charge is 2.16. The summed E-state index contributed by atoms with van der Waals surface area (Å²) in [4.78, 5) is 23.7. The molecular formula is C12H12IN5OS. The molecular weight excluding hydrogens is 389 g/mol. The third kappa shape index (κ3) is 4.30. The Morgan fingerprint density at radius 2 is 2.05 bits per heavy atom. The molecule has 1 atom stereocenters. The molecule has 2 aromatic rings. The van der Waals surface area contributed by atoms with E-state index in [0.29, 0.717) is 5.16 Å². The molecule has 1 aromatic heterocycles. The first-order valence-electron chi connectivity index (χ1n) is 5.72. The molecule has 0 bridgehead atoms. The molecule has 0 spiro atoms. The third-order valence-electron chi connectivity index (χ3n) is 2.33. The first kappa shape index (κ1) is 15.0. The second-order valence-electron chi connectivity index (χ2n) is 3.88. The zero-order chi connectivity index (χ0) is 14.5. The standard InChI is InChI=1S/C12H12IN5OS/c1-7(20-12-16-6-15-11(14)18-12)10(19)17-9-4-2-8(13)3-5-9/h2-7H,1H3,(H,17,19)(H2,14,15,16,18). The molecule has 0 aliphatic carbocycles. The molecule has 0 aliphatic heterocycles. The summed E-state index contributed by atoms with van der Waals surface area (Å²) in [7, 11) is 0. The van der Waals surface area contributed by atoms with Crippen molar-refractivity contribution < 1.29 is 4.79 Å². The number of rotatable bonds is 4. The molecule has 1 aromatic carbocycles. The van der Waals surface area contributed by atoms with E-state index in [1.165, 1.54) is 18.1 Å². The van der Waals surface area contributed by atoms with Crippen molar-refractivity contribution >= 4 is 51.9 Å². The zero-order valence-electron chi connectivity index (χ0n) is 10.6. The van der Waals surface area contributed by atoms with Gasteiger partial charge in [-0.1, -0.05) is 11.8 Å². The summed E-state index contributed by atoms with van der Waals surface area (Å²) in [5.41, 5.74) is 6.23. The Morgan fingerprint density at radius 1 is 1.35 bits per heavy atom. The van der Waals surface area contributed by atoms with E-state index in [1.54, 1.807) is 6.92 Å². The molecule has 0 fully saturated rings. The van der Waals surface area contributed by atoms with E-state index in [4.69, 9.17) is 5.73 Å². The minimum Gasteiger partial charge on any atom is -0.368 e. The number of hydrogen-bond acceptors (Lipinski definition) is 6. The Kier molecular flexibility index (Phi) is 5.12. The third-order valence-corrected chi connectivity index (χ3v) is 4.03. The van der Waals surface area contributed by atoms with Crippen molar-refractivity contribution in [2.75, 3.05) is 11.1 Å². The Labute approximate surface area is 134 Å². The quantitative estimate of drug-likeness (QED) is 0.603. The molecule has 1 heterocycles. The highest BCUT2D eigenvalue weighted by molar-refractivity contribution is 14.1. The van der Waals surface area contributed by atoms with Gasteiger partial charge in [-0.2, -0.15) is 4.98 Å². The number of halogens is 1. The van der Waals surface area contributed by atoms with Crippen LogP contribution in [0, 0.1) is 3.57 Å². The molecule has 2 rings (SSSR count). The molecule has 0 aliphatic rings. The second kappa shape index (κ2) is 6.84. The van der Waals surface area contributed by atoms with Gasteiger partial charge in [0.1, 0.15) is 6.33 Å². The average Bonchev–Trinajstić information content (AvgIpc) is 2.41. The van der Waals surface area contributed by atoms with E-state index in [-0.39, 0.29) is 17.1 Å². The molecule has 0 radical (unpaired) electrons. The fourth-order valence-electron chi connectivity index (χ4n) is 1.34. The lowest BCUT2D eigenvalue weighted by Gasteiger charge is -2.11. The Hall–Kier alpha value is -1.42. The fraction of sp³-hybridized carbons (Fsp3) is 0.167. The molecule has 20 heavy (non-hydrogen) atoms. The Morgan fingerprint density at radius 3 is 2.70 bits per heavy atom. The van der Waals surface area contributed by atoms with Crippen LogP contribution in [0.15, 0.2) is 35.7 Å². The van der Waals surface area contributed by atoms with Gasteiger partial charge in [-0.25, -0.2) is 9.97 Å². The van der Waals surface area contributed by atoms with Crippen molar-refractivity contribution in [3.63, 3.8) is 0 Å². The van der Waals surface area contributed by atoms with Crippen LogP contribution in [0.3, 0.4) is 0 Å². The van der Waals surface area contributed by atoms with Gasteiger partial charge in [0.05, 0.1) is 5.25 Å². The summed E-state index contributed by atoms with van der Waals surface area (Å²) in [6.07, 6.45) is 1.33. The number of benzene rings is 1. The summed E-state index contributed by atoms with van der Waals surface area (Å²) in [6.45, 7) is 1.78. The summed E-state index contributed by atoms with van der Waals surface area (Å²) in [5, 5.41) is 2.93. The monoisotopic (exact) mass is 401 g/mol. The van der Waals surface area contributed by atoms with Crippen LogP contribution < -0.4 is 11.1 Å². The predicted molar refractivity (Wildman–Crippen MR) is 87.3 cm³/mol. The summed E-state index contributed by atoms with van der Waals surface area (Å²) in [5.74, 6) is 0.0305. The van der Waals surface area contributed by atoms with E-state index >= 15 is 0 Å². The second-order valence-corrected chi connectivity index (χ2v) is 6.44. The van der Waals surface area contributed by atoms with Crippen molar-refractivity contribution in [1.82, 2.24) is 15.0 Å². The van der Waals surface area contributed by atoms with Crippen LogP contribution in [0.25, 0.3) is 0 Å². The molecule has 104 valence electrons. The van der Waals surface area contributed by atoms with Gasteiger partial charge in [0.15, 0.2) is 5.16 Å². The summed E-state index contributed by atoms with van der Waals surface area (Å²) < 4.78 is 1.11. The minimum absolute atomic E-state index is 0.116. The smallest absolute Gasteiger partial charge is 0.237 e. The molecule has 0 saturated carbocycles. The normalized spacial score (nSPS) is 11.9. The summed E-state index contributed by atoms with van der Waals surface area (Å²) >= 11 is 3.44. The van der Waals surface area contributed by atoms with Gasteiger partial charge in [0, 0.05) is 9.26 Å². The van der Waals surface area contributed by atoms with Crippen LogP contribution >= 0.6 is 34.4 Å². The van der Waals surface area contributed by atoms with Crippen molar-refractivity contribution in [2.24, 2.45) is 0 Å². The van der Waals surface area contributed by atoms with Crippen molar-refractivity contribution in [3.05, 3.63) is 34.2 Å². The number of amides is 1. The summed E-state index contributed by atoms with van der Waals surface area (Å²) in [6, 6.07) is 7.58. The maximum absolute atomic E-state index is 12.1. The number of thioether (sulfide) groups is 1. The van der Waals surface area contributed by atoms with Gasteiger partial charge < -0.3 is 11.1 Å². The number of aromatic nitrogens is 3. The van der Waals surface area contributed by atoms with Gasteiger partial charge >= 0.3 is 0 Å². The van der Waals surface area contributed by atoms with E-state index in [1.807, 2.05) is 24.3 Å². The van der Waals surface area contributed by atoms with Crippen LogP contribution in [0.2, 0.25) is 0 Å². The van der Waals surface area contributed by atoms with Gasteiger partial charge in [0.25, 0.3) is 0 Å². The molecule has 8 heteroatoms. The molecule has 6 nitrogen and oxygen atoms in total. The first-order valence-corrected chi connectivity index (χ1v) is 7.68. The number of nitrogens with two attached hydrogens (primary N) is 1. The van der Waals surface area contributed by atoms with Crippen LogP contribution in [-0.2, 0) is 4.79 Å². The lowest BCUT2D eigenvalue weighted by molar-refractivity contribution is -0.115. The number of nitrogens with one attached hydrogen (secondary N) is 1. The lowest BCUT2D eigenvalue weighted by Crippen LogP contribution is -2.22. The molecule has 1 amide bonds. The average molecular weight is 401 g/mol. The number of carbonyl (C=O) groups excluding carboxylic acids is 1. The van der Waals surface area contributed by atoms with Gasteiger partial charge in [0.2, 0.25) is 11.9 Å². The largest absolute Gasteiger partial charge is 0.368 e. The Balaban J connectivity index is 1.96. The van der Waals surface area contributed by atoms with Gasteiger partial charge in [-0.15, -0.1) is 0 Å². The van der Waals surface area contributed by atoms with Crippen LogP contribution in [0.1, 0.15) is 6.92 Å². The van der Waals surface area contributed by atoms with E-state index < -0.39 is 0 Å². The number of carbonyl (C=O) groups is 1. The van der Waals surface area contributed by atoms with Crippen LogP contribution in [0.5, 0.6) is 0 Å². The number of hydrogen-bond donors (Lipinski definition) is 2. The van der Waals surface area contributed by atoms with Crippen LogP contribution in [-0.4, -0.2) is 26.1 Å². The lowest BCUT2D eigenvalue weighted by atomic mass is 10.3. The molecule has 1 unspecified atom stereocenters. The van der Waals surface area contributed by atoms with Crippen molar-refractivity contribution in [1.29, 1.82) is 0 Å². The van der Waals surface area contributed by atoms with Crippen LogP contribution in [0.4, 0.5) is 11.6 Å². The predicted octanol–water partition coefficient (Wildman–Crippen LogP) is 2.18. The van der Waals surface area contributed by atoms with E-state index in [2.05, 4.69) is 42.9 Å². The molecule has 0 saturated heterocycles. The molecule has 3 N–H and O–H groups in total. The number of anilines is 2.